The first-order valence-corrected chi connectivity index (χ1v) is 4.90. The summed E-state index contributed by atoms with van der Waals surface area (Å²) >= 11 is 0. The van der Waals surface area contributed by atoms with Crippen molar-refractivity contribution in [1.29, 1.82) is 0 Å². The maximum atomic E-state index is 11.4. The maximum Gasteiger partial charge on any atom is 0.339 e. The van der Waals surface area contributed by atoms with Crippen LogP contribution in [0.4, 0.5) is 0 Å². The van der Waals surface area contributed by atoms with E-state index < -0.39 is 0 Å². The lowest BCUT2D eigenvalue weighted by molar-refractivity contribution is -0.137. The molecule has 1 aliphatic heterocycles. The van der Waals surface area contributed by atoms with Gasteiger partial charge in [0.25, 0.3) is 0 Å². The lowest BCUT2D eigenvalue weighted by Gasteiger charge is -2.28. The molecule has 0 bridgehead atoms. The topological polar surface area (TPSA) is 38.7 Å². The third kappa shape index (κ3) is 2.22. The van der Waals surface area contributed by atoms with Gasteiger partial charge in [-0.25, -0.2) is 4.79 Å². The Labute approximate surface area is 84.9 Å². The largest absolute Gasteiger partial charge is 0.462 e. The summed E-state index contributed by atoms with van der Waals surface area (Å²) in [5.74, 6) is -0.281. The average molecular weight is 195 g/mol. The second kappa shape index (κ2) is 3.95. The van der Waals surface area contributed by atoms with Gasteiger partial charge in [0.15, 0.2) is 0 Å². The number of hydrogen-bond acceptors (Lipinski definition) is 3. The summed E-state index contributed by atoms with van der Waals surface area (Å²) in [6.45, 7) is 8.36. The predicted molar refractivity (Wildman–Crippen MR) is 56.5 cm³/mol. The number of carbonyl (C=O) groups excluding carboxylic acids is 1. The van der Waals surface area contributed by atoms with Gasteiger partial charge in [-0.15, -0.1) is 0 Å². The lowest BCUT2D eigenvalue weighted by atomic mass is 9.82. The third-order valence-electron chi connectivity index (χ3n) is 2.55. The van der Waals surface area contributed by atoms with Crippen molar-refractivity contribution < 1.29 is 9.53 Å². The van der Waals surface area contributed by atoms with Gasteiger partial charge < -0.3 is 4.74 Å². The number of nitrogens with zero attached hydrogens (tertiary/aromatic N) is 1. The molecule has 1 rings (SSSR count). The first-order chi connectivity index (χ1) is 6.47. The average Bonchev–Trinajstić information content (AvgIpc) is 2.10. The molecule has 14 heavy (non-hydrogen) atoms. The highest BCUT2D eigenvalue weighted by molar-refractivity contribution is 6.10. The molecule has 0 saturated heterocycles. The van der Waals surface area contributed by atoms with E-state index in [-0.39, 0.29) is 17.4 Å². The van der Waals surface area contributed by atoms with Gasteiger partial charge >= 0.3 is 5.97 Å². The molecule has 1 heterocycles. The smallest absolute Gasteiger partial charge is 0.339 e. The van der Waals surface area contributed by atoms with Crippen molar-refractivity contribution in [3.05, 3.63) is 11.6 Å². The van der Waals surface area contributed by atoms with E-state index in [4.69, 9.17) is 4.74 Å². The van der Waals surface area contributed by atoms with Crippen molar-refractivity contribution in [3.8, 4) is 0 Å². The third-order valence-corrected chi connectivity index (χ3v) is 2.55. The molecule has 0 N–H and O–H groups in total. The van der Waals surface area contributed by atoms with Gasteiger partial charge in [0, 0.05) is 11.6 Å². The molecule has 0 fully saturated rings. The molecule has 1 atom stereocenters. The Balaban J connectivity index is 2.83. The summed E-state index contributed by atoms with van der Waals surface area (Å²) in [6, 6.07) is 0.209. The molecule has 0 radical (unpaired) electrons. The molecule has 0 aromatic carbocycles. The van der Waals surface area contributed by atoms with E-state index in [0.717, 1.165) is 0 Å². The fraction of sp³-hybridized carbons (Fsp3) is 0.636. The first kappa shape index (κ1) is 11.0. The van der Waals surface area contributed by atoms with E-state index in [9.17, 15) is 4.79 Å². The van der Waals surface area contributed by atoms with Crippen LogP contribution in [-0.2, 0) is 9.53 Å². The van der Waals surface area contributed by atoms with Crippen molar-refractivity contribution in [2.24, 2.45) is 10.4 Å². The highest BCUT2D eigenvalue weighted by Crippen LogP contribution is 2.29. The number of esters is 1. The van der Waals surface area contributed by atoms with Gasteiger partial charge in [0.05, 0.1) is 18.2 Å². The van der Waals surface area contributed by atoms with Crippen molar-refractivity contribution in [2.45, 2.75) is 33.7 Å². The van der Waals surface area contributed by atoms with Crippen LogP contribution in [0.1, 0.15) is 27.7 Å². The Morgan fingerprint density at radius 3 is 2.79 bits per heavy atom. The van der Waals surface area contributed by atoms with Crippen molar-refractivity contribution in [2.75, 3.05) is 6.61 Å². The molecule has 0 aliphatic carbocycles. The molecule has 0 amide bonds. The van der Waals surface area contributed by atoms with Crippen molar-refractivity contribution >= 4 is 12.2 Å². The SMILES string of the molecule is CCOC(=O)C1=CC(C)(C)C(C)N=C1. The molecule has 1 unspecified atom stereocenters. The quantitative estimate of drug-likeness (QED) is 0.632. The lowest BCUT2D eigenvalue weighted by Crippen LogP contribution is -2.28. The number of hydrogen-bond donors (Lipinski definition) is 0. The standard InChI is InChI=1S/C11H17NO2/c1-5-14-10(13)9-6-11(3,4)8(2)12-7-9/h6-8H,5H2,1-4H3. The zero-order chi connectivity index (χ0) is 10.8. The second-order valence-corrected chi connectivity index (χ2v) is 4.10. The van der Waals surface area contributed by atoms with Gasteiger partial charge in [-0.2, -0.15) is 0 Å². The minimum absolute atomic E-state index is 0.0726. The van der Waals surface area contributed by atoms with E-state index in [1.165, 1.54) is 0 Å². The number of carbonyl (C=O) groups is 1. The molecule has 0 saturated carbocycles. The summed E-state index contributed by atoms with van der Waals surface area (Å²) in [6.07, 6.45) is 3.54. The first-order valence-electron chi connectivity index (χ1n) is 4.90. The van der Waals surface area contributed by atoms with Crippen molar-refractivity contribution in [1.82, 2.24) is 0 Å². The van der Waals surface area contributed by atoms with Crippen molar-refractivity contribution in [3.63, 3.8) is 0 Å². The van der Waals surface area contributed by atoms with E-state index >= 15 is 0 Å². The Morgan fingerprint density at radius 2 is 2.29 bits per heavy atom. The fourth-order valence-electron chi connectivity index (χ4n) is 1.27. The van der Waals surface area contributed by atoms with Crippen LogP contribution >= 0.6 is 0 Å². The molecule has 0 aromatic rings. The summed E-state index contributed by atoms with van der Waals surface area (Å²) in [7, 11) is 0. The molecule has 0 aromatic heterocycles. The number of rotatable bonds is 2. The Kier molecular flexibility index (Phi) is 3.09. The molecule has 1 aliphatic rings. The van der Waals surface area contributed by atoms with Gasteiger partial charge in [-0.05, 0) is 13.8 Å². The van der Waals surface area contributed by atoms with Crippen LogP contribution in [0.25, 0.3) is 0 Å². The van der Waals surface area contributed by atoms with E-state index in [0.29, 0.717) is 12.2 Å². The zero-order valence-corrected chi connectivity index (χ0v) is 9.20. The summed E-state index contributed by atoms with van der Waals surface area (Å²) < 4.78 is 4.91. The van der Waals surface area contributed by atoms with Crippen LogP contribution in [0.2, 0.25) is 0 Å². The predicted octanol–water partition coefficient (Wildman–Crippen LogP) is 1.98. The van der Waals surface area contributed by atoms with Gasteiger partial charge in [-0.1, -0.05) is 19.9 Å². The molecule has 78 valence electrons. The van der Waals surface area contributed by atoms with Crippen LogP contribution in [0, 0.1) is 5.41 Å². The second-order valence-electron chi connectivity index (χ2n) is 4.10. The molecular weight excluding hydrogens is 178 g/mol. The molecule has 0 spiro atoms. The minimum atomic E-state index is -0.281. The molecule has 3 heteroatoms. The fourth-order valence-corrected chi connectivity index (χ4v) is 1.27. The van der Waals surface area contributed by atoms with E-state index in [2.05, 4.69) is 18.8 Å². The zero-order valence-electron chi connectivity index (χ0n) is 9.20. The van der Waals surface area contributed by atoms with Gasteiger partial charge in [0.2, 0.25) is 0 Å². The number of ether oxygens (including phenoxy) is 1. The number of dihydropyridines is 1. The maximum absolute atomic E-state index is 11.4. The Hall–Kier alpha value is -1.12. The van der Waals surface area contributed by atoms with E-state index in [1.807, 2.05) is 13.0 Å². The van der Waals surface area contributed by atoms with Crippen LogP contribution in [0.3, 0.4) is 0 Å². The monoisotopic (exact) mass is 195 g/mol. The van der Waals surface area contributed by atoms with Gasteiger partial charge in [-0.3, -0.25) is 4.99 Å². The minimum Gasteiger partial charge on any atom is -0.462 e. The normalized spacial score (nSPS) is 24.3. The van der Waals surface area contributed by atoms with Crippen LogP contribution in [0.5, 0.6) is 0 Å². The molecule has 3 nitrogen and oxygen atoms in total. The summed E-state index contributed by atoms with van der Waals surface area (Å²) in [4.78, 5) is 15.7. The van der Waals surface area contributed by atoms with E-state index in [1.54, 1.807) is 13.1 Å². The van der Waals surface area contributed by atoms with Crippen LogP contribution in [0.15, 0.2) is 16.6 Å². The Bertz CT molecular complexity index is 290. The highest BCUT2D eigenvalue weighted by Gasteiger charge is 2.28. The highest BCUT2D eigenvalue weighted by atomic mass is 16.5. The van der Waals surface area contributed by atoms with Gasteiger partial charge in [0.1, 0.15) is 0 Å². The molecular formula is C11H17NO2. The van der Waals surface area contributed by atoms with Crippen LogP contribution in [-0.4, -0.2) is 24.8 Å². The number of aliphatic imine (C=N–C) groups is 1. The van der Waals surface area contributed by atoms with Crippen LogP contribution < -0.4 is 0 Å². The Morgan fingerprint density at radius 1 is 1.64 bits per heavy atom. The summed E-state index contributed by atoms with van der Waals surface area (Å²) in [5.41, 5.74) is 0.492. The summed E-state index contributed by atoms with van der Waals surface area (Å²) in [5, 5.41) is 0.